The van der Waals surface area contributed by atoms with Crippen molar-refractivity contribution >= 4 is 23.8 Å². The molecule has 1 saturated heterocycles. The van der Waals surface area contributed by atoms with E-state index in [9.17, 15) is 19.2 Å². The molecule has 2 N–H and O–H groups in total. The lowest BCUT2D eigenvalue weighted by molar-refractivity contribution is -0.142. The number of rotatable bonds is 12. The summed E-state index contributed by atoms with van der Waals surface area (Å²) in [5.41, 5.74) is -0.482. The van der Waals surface area contributed by atoms with E-state index in [1.54, 1.807) is 0 Å². The standard InChI is InChI=1S/C20H34N2O6/c1-20(2,3)28-19(26)21-12-9-7-5-4-6-8-10-15(23)14-17(24)22-16-11-13-27-18(16)25/h16H,4-14H2,1-3H3,(H,21,26)(H,22,24). The van der Waals surface area contributed by atoms with E-state index in [4.69, 9.17) is 9.47 Å². The lowest BCUT2D eigenvalue weighted by Crippen LogP contribution is -2.38. The van der Waals surface area contributed by atoms with Crippen LogP contribution in [0, 0.1) is 0 Å². The maximum atomic E-state index is 11.8. The number of cyclic esters (lactones) is 1. The van der Waals surface area contributed by atoms with Gasteiger partial charge < -0.3 is 20.1 Å². The number of alkyl carbamates (subject to hydrolysis) is 1. The first-order chi connectivity index (χ1) is 13.2. The van der Waals surface area contributed by atoms with E-state index < -0.39 is 23.5 Å². The van der Waals surface area contributed by atoms with Crippen LogP contribution in [-0.4, -0.2) is 48.5 Å². The van der Waals surface area contributed by atoms with Gasteiger partial charge in [0.2, 0.25) is 5.91 Å². The van der Waals surface area contributed by atoms with Gasteiger partial charge in [0.05, 0.1) is 13.0 Å². The van der Waals surface area contributed by atoms with Crippen LogP contribution in [0.3, 0.4) is 0 Å². The molecule has 1 heterocycles. The van der Waals surface area contributed by atoms with Gasteiger partial charge >= 0.3 is 12.1 Å². The largest absolute Gasteiger partial charge is 0.464 e. The van der Waals surface area contributed by atoms with Crippen LogP contribution in [0.4, 0.5) is 4.79 Å². The second-order valence-corrected chi connectivity index (χ2v) is 8.09. The monoisotopic (exact) mass is 398 g/mol. The number of ketones is 1. The van der Waals surface area contributed by atoms with Gasteiger partial charge in [-0.2, -0.15) is 0 Å². The number of carbonyl (C=O) groups is 4. The lowest BCUT2D eigenvalue weighted by atomic mass is 10.1. The molecule has 1 rings (SSSR count). The Morgan fingerprint density at radius 1 is 1.07 bits per heavy atom. The van der Waals surface area contributed by atoms with Gasteiger partial charge in [-0.15, -0.1) is 0 Å². The van der Waals surface area contributed by atoms with Crippen LogP contribution in [0.5, 0.6) is 0 Å². The molecule has 1 unspecified atom stereocenters. The zero-order valence-electron chi connectivity index (χ0n) is 17.3. The minimum Gasteiger partial charge on any atom is -0.464 e. The Kier molecular flexibility index (Phi) is 10.6. The number of esters is 1. The fourth-order valence-corrected chi connectivity index (χ4v) is 2.80. The Hall–Kier alpha value is -2.12. The maximum Gasteiger partial charge on any atom is 0.407 e. The summed E-state index contributed by atoms with van der Waals surface area (Å²) in [7, 11) is 0. The topological polar surface area (TPSA) is 111 Å². The third-order valence-electron chi connectivity index (χ3n) is 4.18. The van der Waals surface area contributed by atoms with Gasteiger partial charge in [-0.25, -0.2) is 9.59 Å². The van der Waals surface area contributed by atoms with Gasteiger partial charge in [-0.1, -0.05) is 25.7 Å². The van der Waals surface area contributed by atoms with Crippen molar-refractivity contribution in [3.63, 3.8) is 0 Å². The Labute approximate surface area is 167 Å². The molecule has 0 spiro atoms. The summed E-state index contributed by atoms with van der Waals surface area (Å²) in [5, 5.41) is 5.27. The van der Waals surface area contributed by atoms with Crippen LogP contribution in [0.25, 0.3) is 0 Å². The van der Waals surface area contributed by atoms with Crippen molar-refractivity contribution in [1.82, 2.24) is 10.6 Å². The first-order valence-corrected chi connectivity index (χ1v) is 10.1. The predicted octanol–water partition coefficient (Wildman–Crippen LogP) is 2.63. The Morgan fingerprint density at radius 2 is 1.71 bits per heavy atom. The number of hydrogen-bond acceptors (Lipinski definition) is 6. The number of amides is 2. The third-order valence-corrected chi connectivity index (χ3v) is 4.18. The minimum atomic E-state index is -0.606. The van der Waals surface area contributed by atoms with Crippen LogP contribution in [0.1, 0.15) is 78.6 Å². The van der Waals surface area contributed by atoms with E-state index in [1.165, 1.54) is 0 Å². The van der Waals surface area contributed by atoms with Gasteiger partial charge in [0.1, 0.15) is 17.4 Å². The number of unbranched alkanes of at least 4 members (excludes halogenated alkanes) is 5. The lowest BCUT2D eigenvalue weighted by Gasteiger charge is -2.19. The van der Waals surface area contributed by atoms with Crippen LogP contribution in [0.2, 0.25) is 0 Å². The Morgan fingerprint density at radius 3 is 2.32 bits per heavy atom. The van der Waals surface area contributed by atoms with Crippen molar-refractivity contribution in [1.29, 1.82) is 0 Å². The molecule has 0 saturated carbocycles. The van der Waals surface area contributed by atoms with Crippen molar-refractivity contribution in [2.45, 2.75) is 90.2 Å². The summed E-state index contributed by atoms with van der Waals surface area (Å²) < 4.78 is 9.92. The molecule has 0 bridgehead atoms. The van der Waals surface area contributed by atoms with Gasteiger partial charge in [-0.05, 0) is 33.6 Å². The first kappa shape index (κ1) is 23.9. The molecule has 8 heteroatoms. The fraction of sp³-hybridized carbons (Fsp3) is 0.800. The van der Waals surface area contributed by atoms with E-state index >= 15 is 0 Å². The molecule has 0 aromatic carbocycles. The van der Waals surface area contributed by atoms with Gasteiger partial charge in [0.25, 0.3) is 0 Å². The molecule has 0 aromatic heterocycles. The molecule has 1 aliphatic heterocycles. The third kappa shape index (κ3) is 11.6. The number of nitrogens with one attached hydrogen (secondary N) is 2. The molecule has 28 heavy (non-hydrogen) atoms. The molecule has 0 aromatic rings. The highest BCUT2D eigenvalue weighted by atomic mass is 16.6. The first-order valence-electron chi connectivity index (χ1n) is 10.1. The molecule has 1 fully saturated rings. The van der Waals surface area contributed by atoms with Crippen molar-refractivity contribution in [2.75, 3.05) is 13.2 Å². The molecule has 2 amide bonds. The van der Waals surface area contributed by atoms with Gasteiger partial charge in [-0.3, -0.25) is 9.59 Å². The van der Waals surface area contributed by atoms with Crippen molar-refractivity contribution in [3.8, 4) is 0 Å². The summed E-state index contributed by atoms with van der Waals surface area (Å²) in [6, 6.07) is -0.606. The van der Waals surface area contributed by atoms with Crippen LogP contribution >= 0.6 is 0 Å². The minimum absolute atomic E-state index is 0.106. The predicted molar refractivity (Wildman–Crippen MR) is 104 cm³/mol. The van der Waals surface area contributed by atoms with Gasteiger partial charge in [0.15, 0.2) is 0 Å². The highest BCUT2D eigenvalue weighted by Gasteiger charge is 2.28. The average Bonchev–Trinajstić information content (AvgIpc) is 2.96. The average molecular weight is 399 g/mol. The summed E-state index contributed by atoms with van der Waals surface area (Å²) in [4.78, 5) is 46.3. The van der Waals surface area contributed by atoms with Crippen LogP contribution in [0.15, 0.2) is 0 Å². The number of ether oxygens (including phenoxy) is 2. The smallest absolute Gasteiger partial charge is 0.407 e. The van der Waals surface area contributed by atoms with Crippen molar-refractivity contribution < 1.29 is 28.7 Å². The fourth-order valence-electron chi connectivity index (χ4n) is 2.80. The highest BCUT2D eigenvalue weighted by molar-refractivity contribution is 5.99. The number of Topliss-reactive ketones (excluding diaryl/α,β-unsaturated/α-hetero) is 1. The summed E-state index contributed by atoms with van der Waals surface area (Å²) >= 11 is 0. The molecule has 8 nitrogen and oxygen atoms in total. The van der Waals surface area contributed by atoms with Crippen molar-refractivity contribution in [2.24, 2.45) is 0 Å². The second-order valence-electron chi connectivity index (χ2n) is 8.09. The number of carbonyl (C=O) groups excluding carboxylic acids is 4. The number of hydrogen-bond donors (Lipinski definition) is 2. The van der Waals surface area contributed by atoms with E-state index in [0.29, 0.717) is 26.0 Å². The summed E-state index contributed by atoms with van der Waals surface area (Å²) in [5.74, 6) is -0.946. The normalized spacial score (nSPS) is 16.4. The zero-order chi connectivity index (χ0) is 21.0. The van der Waals surface area contributed by atoms with Crippen molar-refractivity contribution in [3.05, 3.63) is 0 Å². The zero-order valence-corrected chi connectivity index (χ0v) is 17.3. The quantitative estimate of drug-likeness (QED) is 0.297. The second kappa shape index (κ2) is 12.4. The Bertz CT molecular complexity index is 541. The summed E-state index contributed by atoms with van der Waals surface area (Å²) in [6.45, 7) is 6.39. The molecule has 1 aliphatic rings. The molecular weight excluding hydrogens is 364 g/mol. The molecule has 1 atom stereocenters. The van der Waals surface area contributed by atoms with E-state index in [2.05, 4.69) is 10.6 Å². The maximum absolute atomic E-state index is 11.8. The van der Waals surface area contributed by atoms with E-state index in [0.717, 1.165) is 38.5 Å². The van der Waals surface area contributed by atoms with E-state index in [-0.39, 0.29) is 18.3 Å². The van der Waals surface area contributed by atoms with Crippen LogP contribution < -0.4 is 10.6 Å². The Balaban J connectivity index is 1.94. The SMILES string of the molecule is CC(C)(C)OC(=O)NCCCCCCCCC(=O)CC(=O)NC1CCOC1=O. The molecule has 160 valence electrons. The molecule has 0 aliphatic carbocycles. The van der Waals surface area contributed by atoms with Gasteiger partial charge in [0, 0.05) is 19.4 Å². The molecule has 0 radical (unpaired) electrons. The summed E-state index contributed by atoms with van der Waals surface area (Å²) in [6.07, 6.45) is 5.91. The van der Waals surface area contributed by atoms with Crippen LogP contribution in [-0.2, 0) is 23.9 Å². The van der Waals surface area contributed by atoms with E-state index in [1.807, 2.05) is 20.8 Å². The highest BCUT2D eigenvalue weighted by Crippen LogP contribution is 2.10. The molecular formula is C20H34N2O6.